The molecule has 1 aliphatic rings. The van der Waals surface area contributed by atoms with Crippen molar-refractivity contribution in [3.63, 3.8) is 0 Å². The number of aromatic nitrogens is 1. The number of fused-ring (bicyclic) bond motifs is 1. The Morgan fingerprint density at radius 3 is 2.57 bits per heavy atom. The Morgan fingerprint density at radius 1 is 1.14 bits per heavy atom. The number of hydrogen-bond donors (Lipinski definition) is 0. The molecule has 0 atom stereocenters. The highest BCUT2D eigenvalue weighted by Gasteiger charge is 2.43. The highest BCUT2D eigenvalue weighted by atomic mass is 35.5. The first kappa shape index (κ1) is 14.4. The van der Waals surface area contributed by atoms with E-state index >= 15 is 0 Å². The summed E-state index contributed by atoms with van der Waals surface area (Å²) in [5.41, 5.74) is 2.22. The van der Waals surface area contributed by atoms with E-state index in [2.05, 4.69) is 4.98 Å². The van der Waals surface area contributed by atoms with Crippen LogP contribution in [0.25, 0.3) is 0 Å². The van der Waals surface area contributed by atoms with Crippen LogP contribution in [0, 0.1) is 0 Å². The normalized spacial score (nSPS) is 16.2. The lowest BCUT2D eigenvalue weighted by molar-refractivity contribution is -0.122. The lowest BCUT2D eigenvalue weighted by Gasteiger charge is -2.20. The van der Waals surface area contributed by atoms with Gasteiger partial charge in [-0.15, -0.1) is 0 Å². The van der Waals surface area contributed by atoms with Crippen LogP contribution in [0.2, 0.25) is 10.3 Å². The number of halogens is 2. The predicted molar refractivity (Wildman–Crippen MR) is 84.9 cm³/mol. The van der Waals surface area contributed by atoms with Crippen LogP contribution in [0.4, 0.5) is 5.69 Å². The Balaban J connectivity index is 2.02. The van der Waals surface area contributed by atoms with E-state index < -0.39 is 5.41 Å². The predicted octanol–water partition coefficient (Wildman–Crippen LogP) is 4.21. The van der Waals surface area contributed by atoms with Gasteiger partial charge in [0.25, 0.3) is 0 Å². The monoisotopic (exact) mass is 320 g/mol. The van der Waals surface area contributed by atoms with Crippen molar-refractivity contribution >= 4 is 34.8 Å². The van der Waals surface area contributed by atoms with Gasteiger partial charge in [-0.2, -0.15) is 0 Å². The van der Waals surface area contributed by atoms with Crippen molar-refractivity contribution in [1.29, 1.82) is 0 Å². The zero-order valence-electron chi connectivity index (χ0n) is 11.7. The van der Waals surface area contributed by atoms with Crippen molar-refractivity contribution in [2.24, 2.45) is 0 Å². The van der Waals surface area contributed by atoms with E-state index in [9.17, 15) is 4.79 Å². The first-order valence-corrected chi connectivity index (χ1v) is 7.39. The summed E-state index contributed by atoms with van der Waals surface area (Å²) in [5, 5.41) is 0.676. The second-order valence-corrected chi connectivity index (χ2v) is 6.36. The molecule has 0 N–H and O–H groups in total. The van der Waals surface area contributed by atoms with Gasteiger partial charge in [0.15, 0.2) is 0 Å². The van der Waals surface area contributed by atoms with E-state index in [0.29, 0.717) is 16.9 Å². The smallest absolute Gasteiger partial charge is 0.237 e. The summed E-state index contributed by atoms with van der Waals surface area (Å²) in [6, 6.07) is 11.3. The minimum atomic E-state index is -0.525. The molecule has 2 aromatic rings. The third-order valence-corrected chi connectivity index (χ3v) is 4.41. The number of anilines is 1. The quantitative estimate of drug-likeness (QED) is 0.776. The molecular formula is C16H14Cl2N2O. The lowest BCUT2D eigenvalue weighted by atomic mass is 9.86. The topological polar surface area (TPSA) is 33.2 Å². The molecule has 5 heteroatoms. The van der Waals surface area contributed by atoms with Gasteiger partial charge in [-0.1, -0.05) is 47.5 Å². The molecule has 21 heavy (non-hydrogen) atoms. The fourth-order valence-corrected chi connectivity index (χ4v) is 3.09. The SMILES string of the molecule is CC1(C)C(=O)N(Cc2ccc(Cl)nc2Cl)c2ccccc21. The summed E-state index contributed by atoms with van der Waals surface area (Å²) in [4.78, 5) is 18.5. The van der Waals surface area contributed by atoms with Gasteiger partial charge < -0.3 is 4.90 Å². The Morgan fingerprint density at radius 2 is 1.86 bits per heavy atom. The molecule has 0 aliphatic carbocycles. The van der Waals surface area contributed by atoms with Gasteiger partial charge in [0.05, 0.1) is 12.0 Å². The Labute approximate surface area is 133 Å². The number of rotatable bonds is 2. The van der Waals surface area contributed by atoms with Crippen LogP contribution in [-0.4, -0.2) is 10.9 Å². The summed E-state index contributed by atoms with van der Waals surface area (Å²) in [7, 11) is 0. The zero-order chi connectivity index (χ0) is 15.2. The van der Waals surface area contributed by atoms with Crippen molar-refractivity contribution in [3.05, 3.63) is 57.8 Å². The van der Waals surface area contributed by atoms with Gasteiger partial charge in [0, 0.05) is 11.3 Å². The Hall–Kier alpha value is -1.58. The molecule has 3 rings (SSSR count). The molecule has 0 saturated carbocycles. The highest BCUT2D eigenvalue weighted by molar-refractivity contribution is 6.32. The molecule has 0 unspecified atom stereocenters. The van der Waals surface area contributed by atoms with E-state index in [1.165, 1.54) is 0 Å². The molecule has 3 nitrogen and oxygen atoms in total. The van der Waals surface area contributed by atoms with Gasteiger partial charge in [-0.25, -0.2) is 4.98 Å². The van der Waals surface area contributed by atoms with Crippen molar-refractivity contribution in [3.8, 4) is 0 Å². The highest BCUT2D eigenvalue weighted by Crippen LogP contribution is 2.42. The molecule has 0 bridgehead atoms. The van der Waals surface area contributed by atoms with Crippen molar-refractivity contribution in [1.82, 2.24) is 4.98 Å². The van der Waals surface area contributed by atoms with Crippen molar-refractivity contribution in [2.75, 3.05) is 4.90 Å². The molecule has 2 heterocycles. The van der Waals surface area contributed by atoms with Gasteiger partial charge in [-0.3, -0.25) is 4.79 Å². The second-order valence-electron chi connectivity index (χ2n) is 5.62. The minimum absolute atomic E-state index is 0.0646. The Bertz CT molecular complexity index is 728. The summed E-state index contributed by atoms with van der Waals surface area (Å²) in [6.07, 6.45) is 0. The molecule has 0 saturated heterocycles. The number of carbonyl (C=O) groups excluding carboxylic acids is 1. The number of carbonyl (C=O) groups is 1. The summed E-state index contributed by atoms with van der Waals surface area (Å²) < 4.78 is 0. The van der Waals surface area contributed by atoms with Gasteiger partial charge in [0.2, 0.25) is 5.91 Å². The number of benzene rings is 1. The van der Waals surface area contributed by atoms with E-state index in [0.717, 1.165) is 16.8 Å². The molecule has 0 fully saturated rings. The van der Waals surface area contributed by atoms with Crippen LogP contribution in [-0.2, 0) is 16.8 Å². The summed E-state index contributed by atoms with van der Waals surface area (Å²) in [6.45, 7) is 4.27. The molecule has 1 aliphatic heterocycles. The van der Waals surface area contributed by atoms with Crippen LogP contribution >= 0.6 is 23.2 Å². The molecule has 0 spiro atoms. The number of hydrogen-bond acceptors (Lipinski definition) is 2. The van der Waals surface area contributed by atoms with Crippen LogP contribution in [0.3, 0.4) is 0 Å². The first-order valence-electron chi connectivity index (χ1n) is 6.63. The van der Waals surface area contributed by atoms with Crippen molar-refractivity contribution < 1.29 is 4.79 Å². The lowest BCUT2D eigenvalue weighted by Crippen LogP contribution is -2.35. The standard InChI is InChI=1S/C16H14Cl2N2O/c1-16(2)11-5-3-4-6-12(11)20(15(16)21)9-10-7-8-13(17)19-14(10)18/h3-8H,9H2,1-2H3. The zero-order valence-corrected chi connectivity index (χ0v) is 13.2. The van der Waals surface area contributed by atoms with Gasteiger partial charge in [0.1, 0.15) is 10.3 Å². The van der Waals surface area contributed by atoms with E-state index in [1.54, 1.807) is 17.0 Å². The van der Waals surface area contributed by atoms with Crippen LogP contribution < -0.4 is 4.90 Å². The molecule has 0 radical (unpaired) electrons. The molecule has 1 amide bonds. The molecular weight excluding hydrogens is 307 g/mol. The van der Waals surface area contributed by atoms with Gasteiger partial charge >= 0.3 is 0 Å². The Kier molecular flexibility index (Phi) is 3.42. The second kappa shape index (κ2) is 5.00. The first-order chi connectivity index (χ1) is 9.91. The third-order valence-electron chi connectivity index (χ3n) is 3.87. The fraction of sp³-hybridized carbons (Fsp3) is 0.250. The minimum Gasteiger partial charge on any atom is -0.307 e. The fourth-order valence-electron chi connectivity index (χ4n) is 2.69. The van der Waals surface area contributed by atoms with E-state index in [-0.39, 0.29) is 5.91 Å². The van der Waals surface area contributed by atoms with Crippen LogP contribution in [0.1, 0.15) is 25.0 Å². The average Bonchev–Trinajstić information content (AvgIpc) is 2.63. The largest absolute Gasteiger partial charge is 0.307 e. The van der Waals surface area contributed by atoms with Gasteiger partial charge in [-0.05, 0) is 31.5 Å². The van der Waals surface area contributed by atoms with Crippen LogP contribution in [0.5, 0.6) is 0 Å². The number of amides is 1. The molecule has 108 valence electrons. The maximum atomic E-state index is 12.7. The maximum absolute atomic E-state index is 12.7. The van der Waals surface area contributed by atoms with E-state index in [4.69, 9.17) is 23.2 Å². The third kappa shape index (κ3) is 2.30. The summed E-state index contributed by atoms with van der Waals surface area (Å²) >= 11 is 11.9. The number of nitrogens with zero attached hydrogens (tertiary/aromatic N) is 2. The van der Waals surface area contributed by atoms with Crippen molar-refractivity contribution in [2.45, 2.75) is 25.8 Å². The molecule has 1 aromatic carbocycles. The number of para-hydroxylation sites is 1. The maximum Gasteiger partial charge on any atom is 0.237 e. The summed E-state index contributed by atoms with van der Waals surface area (Å²) in [5.74, 6) is 0.0646. The van der Waals surface area contributed by atoms with E-state index in [1.807, 2.05) is 38.1 Å². The molecule has 1 aromatic heterocycles. The van der Waals surface area contributed by atoms with Crippen LogP contribution in [0.15, 0.2) is 36.4 Å². The average molecular weight is 321 g/mol. The number of pyridine rings is 1.